The maximum absolute atomic E-state index is 12.5. The van der Waals surface area contributed by atoms with Crippen LogP contribution < -0.4 is 11.1 Å². The Morgan fingerprint density at radius 1 is 1.12 bits per heavy atom. The highest BCUT2D eigenvalue weighted by Gasteiger charge is 2.28. The van der Waals surface area contributed by atoms with Crippen LogP contribution in [0.2, 0.25) is 0 Å². The number of amides is 2. The standard InChI is InChI=1S/C23H36N2O2.CH5N.2CH4O/c1-3-19(2)9-7-13-23(27)25-18-8-12-21(25)14-15-22(26)24-17-16-20-10-5-4-6-11-20;3*1-2/h4-6,10-11,19,21H,3,7-9,12-18H2,1-2H3,(H,24,26);2H2,1H3;2*2H,1H3. The number of rotatable bonds is 11. The van der Waals surface area contributed by atoms with Crippen LogP contribution in [0, 0.1) is 5.92 Å². The maximum Gasteiger partial charge on any atom is 0.222 e. The molecule has 2 rings (SSSR count). The van der Waals surface area contributed by atoms with E-state index in [0.717, 1.165) is 59.3 Å². The predicted octanol–water partition coefficient (Wildman–Crippen LogP) is 3.12. The van der Waals surface area contributed by atoms with Gasteiger partial charge in [-0.3, -0.25) is 9.59 Å². The molecule has 0 radical (unpaired) electrons. The molecule has 0 spiro atoms. The number of hydrogen-bond acceptors (Lipinski definition) is 5. The lowest BCUT2D eigenvalue weighted by Gasteiger charge is -2.25. The fourth-order valence-electron chi connectivity index (χ4n) is 3.79. The third kappa shape index (κ3) is 15.5. The highest BCUT2D eigenvalue weighted by Crippen LogP contribution is 2.23. The molecule has 2 amide bonds. The number of carbonyl (C=O) groups is 2. The number of carbonyl (C=O) groups excluding carboxylic acids is 2. The molecule has 0 aromatic heterocycles. The number of nitrogens with one attached hydrogen (secondary N) is 1. The minimum atomic E-state index is 0.0991. The van der Waals surface area contributed by atoms with Crippen LogP contribution >= 0.6 is 0 Å². The summed E-state index contributed by atoms with van der Waals surface area (Å²) in [5, 5.41) is 17.0. The Kier molecular flexibility index (Phi) is 23.4. The van der Waals surface area contributed by atoms with Gasteiger partial charge in [0.25, 0.3) is 0 Å². The number of hydrogen-bond donors (Lipinski definition) is 4. The molecule has 33 heavy (non-hydrogen) atoms. The summed E-state index contributed by atoms with van der Waals surface area (Å²) in [6.45, 7) is 5.99. The smallest absolute Gasteiger partial charge is 0.222 e. The summed E-state index contributed by atoms with van der Waals surface area (Å²) in [6.07, 6.45) is 8.21. The molecular weight excluding hydrogens is 418 g/mol. The Bertz CT molecular complexity index is 584. The molecule has 2 unspecified atom stereocenters. The molecule has 1 saturated heterocycles. The third-order valence-electron chi connectivity index (χ3n) is 5.77. The van der Waals surface area contributed by atoms with Gasteiger partial charge in [-0.1, -0.05) is 57.0 Å². The fourth-order valence-corrected chi connectivity index (χ4v) is 3.79. The molecule has 5 N–H and O–H groups in total. The van der Waals surface area contributed by atoms with Crippen LogP contribution in [0.25, 0.3) is 0 Å². The fraction of sp³-hybridized carbons (Fsp3) is 0.692. The summed E-state index contributed by atoms with van der Waals surface area (Å²) in [5.74, 6) is 1.08. The molecule has 7 nitrogen and oxygen atoms in total. The molecule has 1 fully saturated rings. The molecule has 1 aromatic carbocycles. The molecule has 0 saturated carbocycles. The molecule has 192 valence electrons. The minimum Gasteiger partial charge on any atom is -0.400 e. The average molecular weight is 468 g/mol. The molecule has 1 aromatic rings. The zero-order valence-electron chi connectivity index (χ0n) is 21.6. The summed E-state index contributed by atoms with van der Waals surface area (Å²) in [7, 11) is 3.50. The minimum absolute atomic E-state index is 0.0991. The van der Waals surface area contributed by atoms with Crippen LogP contribution in [0.15, 0.2) is 30.3 Å². The zero-order valence-corrected chi connectivity index (χ0v) is 21.6. The molecule has 7 heteroatoms. The highest BCUT2D eigenvalue weighted by atomic mass is 16.2. The Balaban J connectivity index is 0. The van der Waals surface area contributed by atoms with Crippen LogP contribution in [-0.2, 0) is 16.0 Å². The Labute approximate surface area is 201 Å². The molecule has 2 atom stereocenters. The van der Waals surface area contributed by atoms with Gasteiger partial charge in [0, 0.05) is 46.2 Å². The second-order valence-corrected chi connectivity index (χ2v) is 7.91. The lowest BCUT2D eigenvalue weighted by atomic mass is 10.0. The highest BCUT2D eigenvalue weighted by molar-refractivity contribution is 5.77. The van der Waals surface area contributed by atoms with Crippen molar-refractivity contribution < 1.29 is 19.8 Å². The topological polar surface area (TPSA) is 116 Å². The first-order valence-corrected chi connectivity index (χ1v) is 12.2. The third-order valence-corrected chi connectivity index (χ3v) is 5.77. The molecule has 1 aliphatic heterocycles. The van der Waals surface area contributed by atoms with E-state index >= 15 is 0 Å². The number of aliphatic hydroxyl groups is 2. The van der Waals surface area contributed by atoms with E-state index in [9.17, 15) is 9.59 Å². The van der Waals surface area contributed by atoms with Crippen LogP contribution in [0.5, 0.6) is 0 Å². The summed E-state index contributed by atoms with van der Waals surface area (Å²) >= 11 is 0. The van der Waals surface area contributed by atoms with Crippen molar-refractivity contribution in [2.24, 2.45) is 11.7 Å². The van der Waals surface area contributed by atoms with Crippen molar-refractivity contribution in [1.29, 1.82) is 0 Å². The SMILES string of the molecule is CCC(C)CCCC(=O)N1CCCC1CCC(=O)NCCc1ccccc1.CN.CO.CO. The molecule has 1 heterocycles. The summed E-state index contributed by atoms with van der Waals surface area (Å²) in [5.41, 5.74) is 5.74. The van der Waals surface area contributed by atoms with E-state index in [1.807, 2.05) is 23.1 Å². The van der Waals surface area contributed by atoms with Crippen molar-refractivity contribution >= 4 is 11.8 Å². The van der Waals surface area contributed by atoms with Crippen LogP contribution in [0.1, 0.15) is 70.8 Å². The van der Waals surface area contributed by atoms with Crippen molar-refractivity contribution in [3.63, 3.8) is 0 Å². The van der Waals surface area contributed by atoms with Gasteiger partial charge in [0.05, 0.1) is 0 Å². The summed E-state index contributed by atoms with van der Waals surface area (Å²) < 4.78 is 0. The van der Waals surface area contributed by atoms with Crippen molar-refractivity contribution in [3.8, 4) is 0 Å². The lowest BCUT2D eigenvalue weighted by Crippen LogP contribution is -2.36. The van der Waals surface area contributed by atoms with Crippen molar-refractivity contribution in [2.75, 3.05) is 34.4 Å². The van der Waals surface area contributed by atoms with E-state index in [1.165, 1.54) is 19.0 Å². The van der Waals surface area contributed by atoms with E-state index in [0.29, 0.717) is 25.3 Å². The largest absolute Gasteiger partial charge is 0.400 e. The molecule has 1 aliphatic rings. The second kappa shape index (κ2) is 23.2. The molecular formula is C26H49N3O4. The van der Waals surface area contributed by atoms with Gasteiger partial charge in [0.2, 0.25) is 11.8 Å². The number of likely N-dealkylation sites (tertiary alicyclic amines) is 1. The summed E-state index contributed by atoms with van der Waals surface area (Å²) in [6, 6.07) is 10.4. The number of nitrogens with two attached hydrogens (primary N) is 1. The number of aliphatic hydroxyl groups excluding tert-OH is 2. The van der Waals surface area contributed by atoms with Gasteiger partial charge in [-0.05, 0) is 50.6 Å². The van der Waals surface area contributed by atoms with Crippen LogP contribution in [0.3, 0.4) is 0 Å². The normalized spacial score (nSPS) is 15.0. The Hall–Kier alpha value is -1.96. The predicted molar refractivity (Wildman–Crippen MR) is 137 cm³/mol. The van der Waals surface area contributed by atoms with Crippen LogP contribution in [0.4, 0.5) is 0 Å². The van der Waals surface area contributed by atoms with Gasteiger partial charge in [-0.15, -0.1) is 0 Å². The van der Waals surface area contributed by atoms with E-state index in [-0.39, 0.29) is 17.9 Å². The van der Waals surface area contributed by atoms with Gasteiger partial charge in [-0.25, -0.2) is 0 Å². The van der Waals surface area contributed by atoms with Gasteiger partial charge >= 0.3 is 0 Å². The number of benzene rings is 1. The van der Waals surface area contributed by atoms with Gasteiger partial charge in [-0.2, -0.15) is 0 Å². The molecule has 0 aliphatic carbocycles. The maximum atomic E-state index is 12.5. The summed E-state index contributed by atoms with van der Waals surface area (Å²) in [4.78, 5) is 26.7. The van der Waals surface area contributed by atoms with E-state index < -0.39 is 0 Å². The first-order valence-electron chi connectivity index (χ1n) is 12.2. The van der Waals surface area contributed by atoms with E-state index in [2.05, 4.69) is 37.0 Å². The van der Waals surface area contributed by atoms with E-state index in [4.69, 9.17) is 10.2 Å². The first kappa shape index (κ1) is 33.2. The van der Waals surface area contributed by atoms with E-state index in [1.54, 1.807) is 0 Å². The van der Waals surface area contributed by atoms with Crippen molar-refractivity contribution in [2.45, 2.75) is 77.7 Å². The average Bonchev–Trinajstić information content (AvgIpc) is 3.36. The van der Waals surface area contributed by atoms with Gasteiger partial charge in [0.15, 0.2) is 0 Å². The second-order valence-electron chi connectivity index (χ2n) is 7.91. The Morgan fingerprint density at radius 2 is 1.76 bits per heavy atom. The monoisotopic (exact) mass is 467 g/mol. The quantitative estimate of drug-likeness (QED) is 0.399. The van der Waals surface area contributed by atoms with Crippen molar-refractivity contribution in [1.82, 2.24) is 10.2 Å². The van der Waals surface area contributed by atoms with Gasteiger partial charge < -0.3 is 26.2 Å². The lowest BCUT2D eigenvalue weighted by molar-refractivity contribution is -0.133. The Morgan fingerprint density at radius 3 is 2.36 bits per heavy atom. The van der Waals surface area contributed by atoms with Gasteiger partial charge in [0.1, 0.15) is 0 Å². The van der Waals surface area contributed by atoms with Crippen LogP contribution in [-0.4, -0.2) is 67.3 Å². The number of nitrogens with zero attached hydrogens (tertiary/aromatic N) is 1. The first-order chi connectivity index (χ1) is 16.1. The van der Waals surface area contributed by atoms with Crippen molar-refractivity contribution in [3.05, 3.63) is 35.9 Å². The molecule has 0 bridgehead atoms. The zero-order chi connectivity index (χ0) is 25.5.